The van der Waals surface area contributed by atoms with Gasteiger partial charge in [0.25, 0.3) is 0 Å². The predicted molar refractivity (Wildman–Crippen MR) is 123 cm³/mol. The maximum atomic E-state index is 12.8. The van der Waals surface area contributed by atoms with E-state index in [9.17, 15) is 18.0 Å². The zero-order chi connectivity index (χ0) is 23.7. The normalized spacial score (nSPS) is 11.2. The van der Waals surface area contributed by atoms with Gasteiger partial charge in [-0.2, -0.15) is 4.31 Å². The van der Waals surface area contributed by atoms with E-state index in [2.05, 4.69) is 10.6 Å². The van der Waals surface area contributed by atoms with Gasteiger partial charge in [0.1, 0.15) is 5.75 Å². The summed E-state index contributed by atoms with van der Waals surface area (Å²) in [7, 11) is -2.24. The van der Waals surface area contributed by atoms with Crippen molar-refractivity contribution in [2.75, 3.05) is 44.0 Å². The number of ether oxygens (including phenoxy) is 2. The lowest BCUT2D eigenvalue weighted by Crippen LogP contribution is -2.30. The predicted octanol–water partition coefficient (Wildman–Crippen LogP) is 2.95. The van der Waals surface area contributed by atoms with Crippen LogP contribution in [0.4, 0.5) is 11.4 Å². The van der Waals surface area contributed by atoms with Gasteiger partial charge in [0.05, 0.1) is 36.4 Å². The smallest absolute Gasteiger partial charge is 0.338 e. The number of hydrogen-bond acceptors (Lipinski definition) is 7. The van der Waals surface area contributed by atoms with E-state index < -0.39 is 21.9 Å². The Kier molecular flexibility index (Phi) is 9.03. The van der Waals surface area contributed by atoms with Crippen LogP contribution in [-0.4, -0.2) is 58.0 Å². The van der Waals surface area contributed by atoms with Crippen molar-refractivity contribution < 1.29 is 27.5 Å². The molecule has 2 rings (SSSR count). The molecule has 0 saturated heterocycles. The summed E-state index contributed by atoms with van der Waals surface area (Å²) >= 11 is 0. The molecule has 0 saturated carbocycles. The number of anilines is 2. The summed E-state index contributed by atoms with van der Waals surface area (Å²) in [6.45, 7) is 6.15. The van der Waals surface area contributed by atoms with Gasteiger partial charge in [-0.1, -0.05) is 13.8 Å². The summed E-state index contributed by atoms with van der Waals surface area (Å²) in [6, 6.07) is 10.9. The minimum Gasteiger partial charge on any atom is -0.495 e. The van der Waals surface area contributed by atoms with Crippen LogP contribution in [-0.2, 0) is 19.6 Å². The van der Waals surface area contributed by atoms with Crippen LogP contribution in [0.25, 0.3) is 0 Å². The molecule has 0 atom stereocenters. The summed E-state index contributed by atoms with van der Waals surface area (Å²) < 4.78 is 37.1. The molecule has 0 bridgehead atoms. The van der Waals surface area contributed by atoms with Gasteiger partial charge >= 0.3 is 5.97 Å². The van der Waals surface area contributed by atoms with Gasteiger partial charge in [-0.05, 0) is 49.4 Å². The molecule has 0 aliphatic carbocycles. The maximum absolute atomic E-state index is 12.8. The number of nitrogens with one attached hydrogen (secondary N) is 2. The Balaban J connectivity index is 2.09. The van der Waals surface area contributed by atoms with E-state index in [0.29, 0.717) is 36.7 Å². The van der Waals surface area contributed by atoms with Crippen molar-refractivity contribution >= 4 is 33.3 Å². The molecule has 9 nitrogen and oxygen atoms in total. The monoisotopic (exact) mass is 463 g/mol. The molecule has 1 amide bonds. The van der Waals surface area contributed by atoms with E-state index in [-0.39, 0.29) is 17.1 Å². The van der Waals surface area contributed by atoms with E-state index in [1.165, 1.54) is 29.6 Å². The Morgan fingerprint density at radius 2 is 1.66 bits per heavy atom. The average Bonchev–Trinajstić information content (AvgIpc) is 2.78. The van der Waals surface area contributed by atoms with E-state index in [1.807, 2.05) is 0 Å². The standard InChI is InChI=1S/C22H29N3O6S/c1-5-25(6-2)32(28,29)18-12-13-20(30-4)19(14-18)24-21(26)15-23-17-10-8-16(9-11-17)22(27)31-7-3/h8-14,23H,5-7,15H2,1-4H3,(H,24,26). The molecule has 2 N–H and O–H groups in total. The number of hydrogen-bond donors (Lipinski definition) is 2. The van der Waals surface area contributed by atoms with Crippen molar-refractivity contribution in [2.45, 2.75) is 25.7 Å². The molecule has 0 fully saturated rings. The Morgan fingerprint density at radius 1 is 1.00 bits per heavy atom. The second kappa shape index (κ2) is 11.5. The first-order valence-corrected chi connectivity index (χ1v) is 11.7. The SMILES string of the molecule is CCOC(=O)c1ccc(NCC(=O)Nc2cc(S(=O)(=O)N(CC)CC)ccc2OC)cc1. The quantitative estimate of drug-likeness (QED) is 0.493. The van der Waals surface area contributed by atoms with Crippen LogP contribution in [0.5, 0.6) is 5.75 Å². The van der Waals surface area contributed by atoms with Crippen LogP contribution in [0.3, 0.4) is 0 Å². The summed E-state index contributed by atoms with van der Waals surface area (Å²) in [5.41, 5.74) is 1.31. The lowest BCUT2D eigenvalue weighted by atomic mass is 10.2. The molecule has 0 radical (unpaired) electrons. The molecule has 0 unspecified atom stereocenters. The third-order valence-corrected chi connectivity index (χ3v) is 6.68. The number of amides is 1. The molecule has 0 aliphatic rings. The number of carbonyl (C=O) groups excluding carboxylic acids is 2. The molecule has 32 heavy (non-hydrogen) atoms. The molecule has 2 aromatic carbocycles. The third kappa shape index (κ3) is 6.21. The summed E-state index contributed by atoms with van der Waals surface area (Å²) in [4.78, 5) is 24.2. The van der Waals surface area contributed by atoms with Gasteiger partial charge in [-0.25, -0.2) is 13.2 Å². The highest BCUT2D eigenvalue weighted by atomic mass is 32.2. The molecule has 0 heterocycles. The van der Waals surface area contributed by atoms with Gasteiger partial charge in [-0.15, -0.1) is 0 Å². The van der Waals surface area contributed by atoms with Crippen LogP contribution in [0.15, 0.2) is 47.4 Å². The van der Waals surface area contributed by atoms with Gasteiger partial charge < -0.3 is 20.1 Å². The number of carbonyl (C=O) groups is 2. The number of rotatable bonds is 11. The first kappa shape index (κ1) is 25.2. The fourth-order valence-corrected chi connectivity index (χ4v) is 4.46. The Hall–Kier alpha value is -3.11. The zero-order valence-corrected chi connectivity index (χ0v) is 19.5. The first-order chi connectivity index (χ1) is 15.3. The zero-order valence-electron chi connectivity index (χ0n) is 18.7. The second-order valence-corrected chi connectivity index (χ2v) is 8.59. The molecule has 0 aromatic heterocycles. The van der Waals surface area contributed by atoms with E-state index in [4.69, 9.17) is 9.47 Å². The molecular weight excluding hydrogens is 434 g/mol. The highest BCUT2D eigenvalue weighted by Crippen LogP contribution is 2.29. The summed E-state index contributed by atoms with van der Waals surface area (Å²) in [5.74, 6) is -0.464. The van der Waals surface area contributed by atoms with E-state index in [0.717, 1.165) is 0 Å². The maximum Gasteiger partial charge on any atom is 0.338 e. The van der Waals surface area contributed by atoms with Crippen LogP contribution in [0, 0.1) is 0 Å². The molecule has 174 valence electrons. The second-order valence-electron chi connectivity index (χ2n) is 6.65. The number of sulfonamides is 1. The van der Waals surface area contributed by atoms with Crippen molar-refractivity contribution in [3.8, 4) is 5.75 Å². The molecule has 2 aromatic rings. The summed E-state index contributed by atoms with van der Waals surface area (Å²) in [5, 5.41) is 5.63. The average molecular weight is 464 g/mol. The largest absolute Gasteiger partial charge is 0.495 e. The molecule has 10 heteroatoms. The lowest BCUT2D eigenvalue weighted by molar-refractivity contribution is -0.114. The van der Waals surface area contributed by atoms with Crippen LogP contribution in [0.1, 0.15) is 31.1 Å². The van der Waals surface area contributed by atoms with Gasteiger partial charge in [0.15, 0.2) is 0 Å². The van der Waals surface area contributed by atoms with Crippen LogP contribution < -0.4 is 15.4 Å². The number of nitrogens with zero attached hydrogens (tertiary/aromatic N) is 1. The van der Waals surface area contributed by atoms with Crippen molar-refractivity contribution in [1.82, 2.24) is 4.31 Å². The summed E-state index contributed by atoms with van der Waals surface area (Å²) in [6.07, 6.45) is 0. The highest BCUT2D eigenvalue weighted by molar-refractivity contribution is 7.89. The van der Waals surface area contributed by atoms with Gasteiger partial charge in [0, 0.05) is 18.8 Å². The van der Waals surface area contributed by atoms with E-state index >= 15 is 0 Å². The first-order valence-electron chi connectivity index (χ1n) is 10.3. The fraction of sp³-hybridized carbons (Fsp3) is 0.364. The Labute approximate surface area is 188 Å². The fourth-order valence-electron chi connectivity index (χ4n) is 2.97. The van der Waals surface area contributed by atoms with Crippen LogP contribution in [0.2, 0.25) is 0 Å². The van der Waals surface area contributed by atoms with Crippen molar-refractivity contribution in [3.63, 3.8) is 0 Å². The van der Waals surface area contributed by atoms with Gasteiger partial charge in [-0.3, -0.25) is 4.79 Å². The molecule has 0 aliphatic heterocycles. The number of methoxy groups -OCH3 is 1. The molecule has 0 spiro atoms. The van der Waals surface area contributed by atoms with Crippen molar-refractivity contribution in [3.05, 3.63) is 48.0 Å². The Bertz CT molecular complexity index is 1030. The lowest BCUT2D eigenvalue weighted by Gasteiger charge is -2.19. The van der Waals surface area contributed by atoms with Gasteiger partial charge in [0.2, 0.25) is 15.9 Å². The number of esters is 1. The molecular formula is C22H29N3O6S. The Morgan fingerprint density at radius 3 is 2.22 bits per heavy atom. The van der Waals surface area contributed by atoms with Crippen molar-refractivity contribution in [1.29, 1.82) is 0 Å². The van der Waals surface area contributed by atoms with E-state index in [1.54, 1.807) is 45.0 Å². The minimum atomic E-state index is -3.68. The topological polar surface area (TPSA) is 114 Å². The number of benzene rings is 2. The third-order valence-electron chi connectivity index (χ3n) is 4.64. The van der Waals surface area contributed by atoms with Crippen molar-refractivity contribution in [2.24, 2.45) is 0 Å². The highest BCUT2D eigenvalue weighted by Gasteiger charge is 2.23. The minimum absolute atomic E-state index is 0.0693. The van der Waals surface area contributed by atoms with Crippen LogP contribution >= 0.6 is 0 Å².